The third kappa shape index (κ3) is 3.26. The van der Waals surface area contributed by atoms with E-state index < -0.39 is 30.3 Å². The number of hydrogen-bond donors (Lipinski definition) is 1. The lowest BCUT2D eigenvalue weighted by atomic mass is 9.79. The zero-order valence-corrected chi connectivity index (χ0v) is 8.28. The normalized spacial score (nSPS) is 30.2. The minimum atomic E-state index is -4.74. The summed E-state index contributed by atoms with van der Waals surface area (Å²) in [5, 5.41) is 8.89. The Bertz CT molecular complexity index is 225. The van der Waals surface area contributed by atoms with E-state index in [1.54, 1.807) is 0 Å². The van der Waals surface area contributed by atoms with Crippen molar-refractivity contribution in [3.05, 3.63) is 0 Å². The SMILES string of the molecule is O[C@H](C1CCC(C(F)(F)F)CC1)C(F)(F)F. The first-order valence-electron chi connectivity index (χ1n) is 4.94. The Morgan fingerprint density at radius 3 is 1.62 bits per heavy atom. The fourth-order valence-corrected chi connectivity index (χ4v) is 2.03. The molecule has 0 saturated heterocycles. The van der Waals surface area contributed by atoms with Crippen molar-refractivity contribution >= 4 is 0 Å². The summed E-state index contributed by atoms with van der Waals surface area (Å²) < 4.78 is 72.9. The topological polar surface area (TPSA) is 20.2 Å². The molecule has 0 heterocycles. The summed E-state index contributed by atoms with van der Waals surface area (Å²) in [7, 11) is 0. The van der Waals surface area contributed by atoms with Crippen molar-refractivity contribution in [2.24, 2.45) is 11.8 Å². The molecule has 0 aliphatic heterocycles. The van der Waals surface area contributed by atoms with Crippen molar-refractivity contribution in [1.82, 2.24) is 0 Å². The number of aliphatic hydroxyl groups is 1. The Kier molecular flexibility index (Phi) is 3.76. The molecular formula is C9H12F6O. The Labute approximate surface area is 88.4 Å². The number of rotatable bonds is 1. The Morgan fingerprint density at radius 1 is 0.875 bits per heavy atom. The van der Waals surface area contributed by atoms with Gasteiger partial charge in [0.05, 0.1) is 5.92 Å². The molecule has 0 radical (unpaired) electrons. The lowest BCUT2D eigenvalue weighted by Gasteiger charge is -2.32. The molecule has 1 atom stereocenters. The molecule has 1 rings (SSSR count). The van der Waals surface area contributed by atoms with Crippen LogP contribution in [0.5, 0.6) is 0 Å². The quantitative estimate of drug-likeness (QED) is 0.708. The van der Waals surface area contributed by atoms with E-state index in [2.05, 4.69) is 0 Å². The molecule has 16 heavy (non-hydrogen) atoms. The smallest absolute Gasteiger partial charge is 0.383 e. The van der Waals surface area contributed by atoms with Crippen molar-refractivity contribution in [3.63, 3.8) is 0 Å². The first-order chi connectivity index (χ1) is 7.12. The fraction of sp³-hybridized carbons (Fsp3) is 1.00. The van der Waals surface area contributed by atoms with Crippen molar-refractivity contribution in [3.8, 4) is 0 Å². The number of hydrogen-bond acceptors (Lipinski definition) is 1. The van der Waals surface area contributed by atoms with Gasteiger partial charge in [0.1, 0.15) is 0 Å². The van der Waals surface area contributed by atoms with Crippen LogP contribution >= 0.6 is 0 Å². The molecule has 7 heteroatoms. The van der Waals surface area contributed by atoms with Gasteiger partial charge in [0.15, 0.2) is 6.10 Å². The third-order valence-corrected chi connectivity index (χ3v) is 3.02. The van der Waals surface area contributed by atoms with Gasteiger partial charge in [-0.3, -0.25) is 0 Å². The number of halogens is 6. The Balaban J connectivity index is 2.50. The standard InChI is InChI=1S/C9H12F6O/c10-8(11,12)6-3-1-5(2-4-6)7(16)9(13,14)15/h5-7,16H,1-4H2/t5?,6?,7-/m1/s1. The highest BCUT2D eigenvalue weighted by atomic mass is 19.4. The van der Waals surface area contributed by atoms with E-state index in [-0.39, 0.29) is 25.7 Å². The first kappa shape index (κ1) is 13.6. The van der Waals surface area contributed by atoms with Gasteiger partial charge in [0.2, 0.25) is 0 Å². The predicted octanol–water partition coefficient (Wildman–Crippen LogP) is 3.28. The van der Waals surface area contributed by atoms with Gasteiger partial charge in [-0.1, -0.05) is 0 Å². The Morgan fingerprint density at radius 2 is 1.31 bits per heavy atom. The molecule has 0 spiro atoms. The summed E-state index contributed by atoms with van der Waals surface area (Å²) in [4.78, 5) is 0. The van der Waals surface area contributed by atoms with Crippen LogP contribution < -0.4 is 0 Å². The van der Waals surface area contributed by atoms with Gasteiger partial charge in [0.25, 0.3) is 0 Å². The average Bonchev–Trinajstić information content (AvgIpc) is 2.14. The summed E-state index contributed by atoms with van der Waals surface area (Å²) in [6, 6.07) is 0. The molecule has 0 aromatic heterocycles. The maximum absolute atomic E-state index is 12.2. The lowest BCUT2D eigenvalue weighted by molar-refractivity contribution is -0.229. The van der Waals surface area contributed by atoms with E-state index in [1.165, 1.54) is 0 Å². The minimum Gasteiger partial charge on any atom is -0.383 e. The van der Waals surface area contributed by atoms with E-state index in [9.17, 15) is 26.3 Å². The molecule has 1 aliphatic rings. The highest BCUT2D eigenvalue weighted by Crippen LogP contribution is 2.42. The molecule has 96 valence electrons. The van der Waals surface area contributed by atoms with Crippen molar-refractivity contribution < 1.29 is 31.4 Å². The highest BCUT2D eigenvalue weighted by molar-refractivity contribution is 4.83. The second-order valence-electron chi connectivity index (χ2n) is 4.14. The maximum atomic E-state index is 12.2. The summed E-state index contributed by atoms with van der Waals surface area (Å²) >= 11 is 0. The molecule has 1 aliphatic carbocycles. The molecular weight excluding hydrogens is 238 g/mol. The molecule has 1 nitrogen and oxygen atoms in total. The summed E-state index contributed by atoms with van der Waals surface area (Å²) in [5.74, 6) is -2.62. The second kappa shape index (κ2) is 4.43. The van der Waals surface area contributed by atoms with Crippen molar-refractivity contribution in [1.29, 1.82) is 0 Å². The minimum absolute atomic E-state index is 0.231. The van der Waals surface area contributed by atoms with Crippen LogP contribution in [0.25, 0.3) is 0 Å². The summed E-state index contributed by atoms with van der Waals surface area (Å²) in [6.07, 6.45) is -12.7. The average molecular weight is 250 g/mol. The zero-order valence-electron chi connectivity index (χ0n) is 8.28. The van der Waals surface area contributed by atoms with Gasteiger partial charge in [-0.15, -0.1) is 0 Å². The largest absolute Gasteiger partial charge is 0.414 e. The molecule has 1 saturated carbocycles. The van der Waals surface area contributed by atoms with E-state index in [0.717, 1.165) is 0 Å². The van der Waals surface area contributed by atoms with Gasteiger partial charge in [0, 0.05) is 0 Å². The van der Waals surface area contributed by atoms with Gasteiger partial charge < -0.3 is 5.11 Å². The van der Waals surface area contributed by atoms with Gasteiger partial charge in [-0.25, -0.2) is 0 Å². The van der Waals surface area contributed by atoms with Crippen LogP contribution in [0.2, 0.25) is 0 Å². The molecule has 0 aromatic carbocycles. The van der Waals surface area contributed by atoms with Gasteiger partial charge in [-0.2, -0.15) is 26.3 Å². The third-order valence-electron chi connectivity index (χ3n) is 3.02. The number of aliphatic hydroxyl groups excluding tert-OH is 1. The number of alkyl halides is 6. The van der Waals surface area contributed by atoms with Crippen molar-refractivity contribution in [2.75, 3.05) is 0 Å². The van der Waals surface area contributed by atoms with Crippen molar-refractivity contribution in [2.45, 2.75) is 44.1 Å². The molecule has 1 fully saturated rings. The van der Waals surface area contributed by atoms with Crippen LogP contribution in [0.3, 0.4) is 0 Å². The maximum Gasteiger partial charge on any atom is 0.414 e. The van der Waals surface area contributed by atoms with E-state index >= 15 is 0 Å². The predicted molar refractivity (Wildman–Crippen MR) is 43.6 cm³/mol. The Hall–Kier alpha value is -0.460. The molecule has 0 amide bonds. The van der Waals surface area contributed by atoms with Crippen LogP contribution in [0.15, 0.2) is 0 Å². The molecule has 1 N–H and O–H groups in total. The zero-order chi connectivity index (χ0) is 12.6. The molecule has 0 bridgehead atoms. The monoisotopic (exact) mass is 250 g/mol. The van der Waals surface area contributed by atoms with Crippen LogP contribution in [0, 0.1) is 11.8 Å². The van der Waals surface area contributed by atoms with E-state index in [0.29, 0.717) is 0 Å². The summed E-state index contributed by atoms with van der Waals surface area (Å²) in [6.45, 7) is 0. The van der Waals surface area contributed by atoms with Crippen LogP contribution in [0.1, 0.15) is 25.7 Å². The lowest BCUT2D eigenvalue weighted by Crippen LogP contribution is -2.39. The van der Waals surface area contributed by atoms with Gasteiger partial charge >= 0.3 is 12.4 Å². The highest BCUT2D eigenvalue weighted by Gasteiger charge is 2.47. The molecule has 0 aromatic rings. The van der Waals surface area contributed by atoms with Crippen LogP contribution in [-0.4, -0.2) is 23.6 Å². The molecule has 0 unspecified atom stereocenters. The van der Waals surface area contributed by atoms with Crippen LogP contribution in [-0.2, 0) is 0 Å². The second-order valence-corrected chi connectivity index (χ2v) is 4.14. The van der Waals surface area contributed by atoms with Crippen LogP contribution in [0.4, 0.5) is 26.3 Å². The fourth-order valence-electron chi connectivity index (χ4n) is 2.03. The van der Waals surface area contributed by atoms with Gasteiger partial charge in [-0.05, 0) is 31.6 Å². The van der Waals surface area contributed by atoms with E-state index in [4.69, 9.17) is 5.11 Å². The first-order valence-corrected chi connectivity index (χ1v) is 4.94. The summed E-state index contributed by atoms with van der Waals surface area (Å²) in [5.41, 5.74) is 0. The van der Waals surface area contributed by atoms with E-state index in [1.807, 2.05) is 0 Å².